The molecule has 2 aliphatic rings. The molecule has 3 atom stereocenters. The van der Waals surface area contributed by atoms with Crippen LogP contribution in [0.1, 0.15) is 32.1 Å². The average molecular weight is 297 g/mol. The molecular weight excluding hydrogens is 279 g/mol. The molecule has 1 saturated carbocycles. The second kappa shape index (κ2) is 5.44. The zero-order valence-corrected chi connectivity index (χ0v) is 11.3. The van der Waals surface area contributed by atoms with Gasteiger partial charge in [0.2, 0.25) is 0 Å². The number of sulfonamides is 1. The van der Waals surface area contributed by atoms with Crippen molar-refractivity contribution in [3.8, 4) is 0 Å². The fourth-order valence-electron chi connectivity index (χ4n) is 3.05. The van der Waals surface area contributed by atoms with E-state index in [9.17, 15) is 21.6 Å². The number of nitrogens with one attached hydrogen (secondary N) is 1. The van der Waals surface area contributed by atoms with Gasteiger partial charge in [-0.05, 0) is 43.4 Å². The third-order valence-corrected chi connectivity index (χ3v) is 5.21. The van der Waals surface area contributed by atoms with Crippen molar-refractivity contribution in [2.24, 2.45) is 17.8 Å². The van der Waals surface area contributed by atoms with Crippen LogP contribution < -0.4 is 4.72 Å². The highest BCUT2D eigenvalue weighted by molar-refractivity contribution is 7.90. The number of alkyl halides is 3. The van der Waals surface area contributed by atoms with E-state index in [0.29, 0.717) is 24.2 Å². The van der Waals surface area contributed by atoms with Crippen molar-refractivity contribution in [1.29, 1.82) is 0 Å². The van der Waals surface area contributed by atoms with E-state index in [1.165, 1.54) is 12.8 Å². The summed E-state index contributed by atoms with van der Waals surface area (Å²) >= 11 is 0. The number of hydrogen-bond donors (Lipinski definition) is 1. The highest BCUT2D eigenvalue weighted by Gasteiger charge is 2.45. The van der Waals surface area contributed by atoms with E-state index < -0.39 is 15.5 Å². The summed E-state index contributed by atoms with van der Waals surface area (Å²) in [6.07, 6.45) is 9.07. The lowest BCUT2D eigenvalue weighted by molar-refractivity contribution is -0.0447. The summed E-state index contributed by atoms with van der Waals surface area (Å²) < 4.78 is 59.1. The van der Waals surface area contributed by atoms with Gasteiger partial charge in [0.15, 0.2) is 0 Å². The lowest BCUT2D eigenvalue weighted by Crippen LogP contribution is -2.36. The van der Waals surface area contributed by atoms with Crippen LogP contribution in [0.25, 0.3) is 0 Å². The van der Waals surface area contributed by atoms with Crippen LogP contribution in [0.2, 0.25) is 0 Å². The zero-order valence-electron chi connectivity index (χ0n) is 10.5. The van der Waals surface area contributed by atoms with Crippen LogP contribution in [0.5, 0.6) is 0 Å². The van der Waals surface area contributed by atoms with Crippen molar-refractivity contribution in [1.82, 2.24) is 4.72 Å². The summed E-state index contributed by atoms with van der Waals surface area (Å²) in [6, 6.07) is 0. The monoisotopic (exact) mass is 297 g/mol. The Hall–Kier alpha value is -0.560. The van der Waals surface area contributed by atoms with Gasteiger partial charge in [-0.15, -0.1) is 0 Å². The number of allylic oxidation sites excluding steroid dienone is 2. The van der Waals surface area contributed by atoms with Crippen LogP contribution in [0, 0.1) is 17.8 Å². The molecule has 1 fully saturated rings. The first-order valence-electron chi connectivity index (χ1n) is 6.54. The molecule has 0 amide bonds. The summed E-state index contributed by atoms with van der Waals surface area (Å²) in [6.45, 7) is -0.140. The van der Waals surface area contributed by atoms with Gasteiger partial charge in [-0.1, -0.05) is 18.6 Å². The van der Waals surface area contributed by atoms with Gasteiger partial charge in [-0.3, -0.25) is 0 Å². The number of unbranched alkanes of at least 4 members (excludes halogenated alkanes) is 1. The summed E-state index contributed by atoms with van der Waals surface area (Å²) in [5, 5.41) is 0. The highest BCUT2D eigenvalue weighted by Crippen LogP contribution is 2.45. The first-order chi connectivity index (χ1) is 8.79. The summed E-state index contributed by atoms with van der Waals surface area (Å²) in [5.74, 6) is 1.96. The van der Waals surface area contributed by atoms with Gasteiger partial charge in [-0.25, -0.2) is 13.1 Å². The largest absolute Gasteiger partial charge is 0.511 e. The molecule has 0 spiro atoms. The van der Waals surface area contributed by atoms with Gasteiger partial charge in [0.25, 0.3) is 0 Å². The standard InChI is InChI=1S/C12H18F3NO2S/c13-12(14,15)19(17,18)16-6-2-1-3-10-7-9-4-5-11(10)8-9/h4-5,9-11,16H,1-3,6-8H2. The number of hydrogen-bond acceptors (Lipinski definition) is 2. The van der Waals surface area contributed by atoms with Crippen molar-refractivity contribution < 1.29 is 21.6 Å². The molecular formula is C12H18F3NO2S. The second-order valence-electron chi connectivity index (χ2n) is 5.38. The molecule has 19 heavy (non-hydrogen) atoms. The summed E-state index contributed by atoms with van der Waals surface area (Å²) in [7, 11) is -5.17. The van der Waals surface area contributed by atoms with E-state index >= 15 is 0 Å². The highest BCUT2D eigenvalue weighted by atomic mass is 32.2. The lowest BCUT2D eigenvalue weighted by atomic mass is 9.89. The molecule has 0 aromatic rings. The van der Waals surface area contributed by atoms with E-state index in [1.54, 1.807) is 4.72 Å². The molecule has 0 aliphatic heterocycles. The Morgan fingerprint density at radius 2 is 1.89 bits per heavy atom. The quantitative estimate of drug-likeness (QED) is 0.605. The fourth-order valence-corrected chi connectivity index (χ4v) is 3.62. The van der Waals surface area contributed by atoms with Crippen molar-refractivity contribution in [2.75, 3.05) is 6.54 Å². The molecule has 2 bridgehead atoms. The molecule has 0 radical (unpaired) electrons. The lowest BCUT2D eigenvalue weighted by Gasteiger charge is -2.17. The van der Waals surface area contributed by atoms with Gasteiger partial charge in [0.05, 0.1) is 0 Å². The Bertz CT molecular complexity index is 444. The van der Waals surface area contributed by atoms with Gasteiger partial charge >= 0.3 is 15.5 Å². The maximum atomic E-state index is 12.0. The predicted molar refractivity (Wildman–Crippen MR) is 65.7 cm³/mol. The molecule has 0 heterocycles. The smallest absolute Gasteiger partial charge is 0.207 e. The number of halogens is 3. The van der Waals surface area contributed by atoms with Gasteiger partial charge in [0, 0.05) is 6.54 Å². The Morgan fingerprint density at radius 1 is 1.16 bits per heavy atom. The number of rotatable bonds is 6. The molecule has 110 valence electrons. The molecule has 2 rings (SSSR count). The van der Waals surface area contributed by atoms with E-state index in [0.717, 1.165) is 12.8 Å². The average Bonchev–Trinajstić information content (AvgIpc) is 2.88. The minimum Gasteiger partial charge on any atom is -0.207 e. The maximum absolute atomic E-state index is 12.0. The van der Waals surface area contributed by atoms with E-state index in [-0.39, 0.29) is 6.54 Å². The normalized spacial score (nSPS) is 30.2. The Balaban J connectivity index is 1.62. The first kappa shape index (κ1) is 14.8. The fraction of sp³-hybridized carbons (Fsp3) is 0.833. The van der Waals surface area contributed by atoms with E-state index in [2.05, 4.69) is 12.2 Å². The van der Waals surface area contributed by atoms with Crippen LogP contribution in [-0.4, -0.2) is 20.5 Å². The Morgan fingerprint density at radius 3 is 2.42 bits per heavy atom. The van der Waals surface area contributed by atoms with Crippen molar-refractivity contribution in [3.63, 3.8) is 0 Å². The zero-order chi connectivity index (χ0) is 14.1. The van der Waals surface area contributed by atoms with E-state index in [4.69, 9.17) is 0 Å². The van der Waals surface area contributed by atoms with Crippen LogP contribution in [0.4, 0.5) is 13.2 Å². The van der Waals surface area contributed by atoms with E-state index in [1.807, 2.05) is 0 Å². The molecule has 0 saturated heterocycles. The molecule has 7 heteroatoms. The van der Waals surface area contributed by atoms with Crippen LogP contribution in [0.15, 0.2) is 12.2 Å². The Kier molecular flexibility index (Phi) is 4.25. The molecule has 3 unspecified atom stereocenters. The molecule has 0 aromatic heterocycles. The molecule has 3 nitrogen and oxygen atoms in total. The topological polar surface area (TPSA) is 46.2 Å². The van der Waals surface area contributed by atoms with Gasteiger partial charge in [0.1, 0.15) is 0 Å². The molecule has 1 N–H and O–H groups in total. The van der Waals surface area contributed by atoms with Crippen LogP contribution >= 0.6 is 0 Å². The third kappa shape index (κ3) is 3.51. The van der Waals surface area contributed by atoms with Crippen molar-refractivity contribution in [3.05, 3.63) is 12.2 Å². The van der Waals surface area contributed by atoms with Gasteiger partial charge in [-0.2, -0.15) is 13.2 Å². The van der Waals surface area contributed by atoms with Crippen LogP contribution in [-0.2, 0) is 10.0 Å². The first-order valence-corrected chi connectivity index (χ1v) is 8.02. The molecule has 2 aliphatic carbocycles. The van der Waals surface area contributed by atoms with Gasteiger partial charge < -0.3 is 0 Å². The molecule has 0 aromatic carbocycles. The van der Waals surface area contributed by atoms with Crippen molar-refractivity contribution >= 4 is 10.0 Å². The van der Waals surface area contributed by atoms with Crippen LogP contribution in [0.3, 0.4) is 0 Å². The predicted octanol–water partition coefficient (Wildman–Crippen LogP) is 2.81. The minimum atomic E-state index is -5.21. The summed E-state index contributed by atoms with van der Waals surface area (Å²) in [4.78, 5) is 0. The third-order valence-electron chi connectivity index (χ3n) is 4.01. The maximum Gasteiger partial charge on any atom is 0.511 e. The van der Waals surface area contributed by atoms with Crippen molar-refractivity contribution in [2.45, 2.75) is 37.6 Å². The summed E-state index contributed by atoms with van der Waals surface area (Å²) in [5.41, 5.74) is -5.21. The second-order valence-corrected chi connectivity index (χ2v) is 7.14. The Labute approximate surface area is 111 Å². The SMILES string of the molecule is O=S(=O)(NCCCCC1CC2C=CC1C2)C(F)(F)F. The number of fused-ring (bicyclic) bond motifs is 2. The minimum absolute atomic E-state index is 0.140.